The first-order valence-electron chi connectivity index (χ1n) is 5.67. The highest BCUT2D eigenvalue weighted by molar-refractivity contribution is 7.92. The lowest BCUT2D eigenvalue weighted by molar-refractivity contribution is 0.601. The van der Waals surface area contributed by atoms with E-state index in [-0.39, 0.29) is 27.2 Å². The van der Waals surface area contributed by atoms with E-state index in [1.165, 1.54) is 12.3 Å². The highest BCUT2D eigenvalue weighted by atomic mass is 35.5. The summed E-state index contributed by atoms with van der Waals surface area (Å²) < 4.78 is 28.6. The Morgan fingerprint density at radius 2 is 2.05 bits per heavy atom. The molecule has 0 radical (unpaired) electrons. The Kier molecular flexibility index (Phi) is 4.29. The molecule has 8 heteroatoms. The minimum atomic E-state index is -3.73. The molecule has 1 aromatic heterocycles. The number of rotatable bonds is 4. The number of anilines is 1. The summed E-state index contributed by atoms with van der Waals surface area (Å²) >= 11 is 11.8. The zero-order valence-electron chi connectivity index (χ0n) is 10.6. The molecule has 20 heavy (non-hydrogen) atoms. The van der Waals surface area contributed by atoms with Gasteiger partial charge in [0.1, 0.15) is 4.90 Å². The van der Waals surface area contributed by atoms with Gasteiger partial charge in [0.2, 0.25) is 0 Å². The van der Waals surface area contributed by atoms with Gasteiger partial charge in [-0.05, 0) is 18.2 Å². The van der Waals surface area contributed by atoms with Crippen LogP contribution < -0.4 is 10.5 Å². The number of nitrogens with two attached hydrogens (primary N) is 1. The summed E-state index contributed by atoms with van der Waals surface area (Å²) in [7, 11) is -2.00. The van der Waals surface area contributed by atoms with Gasteiger partial charge in [-0.15, -0.1) is 0 Å². The number of sulfonamides is 1. The first-order chi connectivity index (χ1) is 9.35. The first kappa shape index (κ1) is 15.2. The largest absolute Gasteiger partial charge is 0.352 e. The fourth-order valence-electron chi connectivity index (χ4n) is 1.71. The van der Waals surface area contributed by atoms with Crippen LogP contribution >= 0.6 is 23.2 Å². The van der Waals surface area contributed by atoms with Crippen LogP contribution in [0.5, 0.6) is 0 Å². The van der Waals surface area contributed by atoms with E-state index in [1.807, 2.05) is 0 Å². The molecule has 0 aliphatic carbocycles. The molecular weight excluding hydrogens is 321 g/mol. The van der Waals surface area contributed by atoms with Crippen molar-refractivity contribution in [2.75, 3.05) is 4.72 Å². The number of nitrogens with one attached hydrogen (secondary N) is 1. The maximum Gasteiger partial charge on any atom is 0.263 e. The predicted octanol–water partition coefficient (Wildman–Crippen LogP) is 2.59. The summed E-state index contributed by atoms with van der Waals surface area (Å²) in [5.74, 6) is 0. The van der Waals surface area contributed by atoms with Gasteiger partial charge < -0.3 is 10.3 Å². The SMILES string of the molecule is Cn1cc(S(=O)(=O)Nc2cccc(Cl)c2Cl)cc1CN. The monoisotopic (exact) mass is 333 g/mol. The Morgan fingerprint density at radius 3 is 2.65 bits per heavy atom. The van der Waals surface area contributed by atoms with E-state index >= 15 is 0 Å². The lowest BCUT2D eigenvalue weighted by Gasteiger charge is -2.09. The average molecular weight is 334 g/mol. The van der Waals surface area contributed by atoms with Crippen molar-refractivity contribution in [2.24, 2.45) is 12.8 Å². The van der Waals surface area contributed by atoms with Crippen LogP contribution in [0, 0.1) is 0 Å². The molecule has 2 aromatic rings. The van der Waals surface area contributed by atoms with Gasteiger partial charge in [0.15, 0.2) is 0 Å². The molecule has 3 N–H and O–H groups in total. The van der Waals surface area contributed by atoms with Gasteiger partial charge in [-0.1, -0.05) is 29.3 Å². The van der Waals surface area contributed by atoms with Crippen molar-refractivity contribution in [3.8, 4) is 0 Å². The van der Waals surface area contributed by atoms with Crippen molar-refractivity contribution in [3.63, 3.8) is 0 Å². The van der Waals surface area contributed by atoms with Crippen LogP contribution in [0.25, 0.3) is 0 Å². The lowest BCUT2D eigenvalue weighted by Crippen LogP contribution is -2.12. The lowest BCUT2D eigenvalue weighted by atomic mass is 10.3. The summed E-state index contributed by atoms with van der Waals surface area (Å²) in [6, 6.07) is 6.25. The molecule has 0 saturated carbocycles. The average Bonchev–Trinajstić information content (AvgIpc) is 2.77. The molecule has 0 bridgehead atoms. The van der Waals surface area contributed by atoms with Crippen LogP contribution in [-0.2, 0) is 23.6 Å². The predicted molar refractivity (Wildman–Crippen MR) is 80.6 cm³/mol. The fraction of sp³-hybridized carbons (Fsp3) is 0.167. The number of nitrogens with zero attached hydrogens (tertiary/aromatic N) is 1. The maximum atomic E-state index is 12.3. The smallest absolute Gasteiger partial charge is 0.263 e. The van der Waals surface area contributed by atoms with Gasteiger partial charge in [0, 0.05) is 25.5 Å². The van der Waals surface area contributed by atoms with Crippen LogP contribution in [0.15, 0.2) is 35.4 Å². The van der Waals surface area contributed by atoms with E-state index in [0.717, 1.165) is 0 Å². The minimum absolute atomic E-state index is 0.122. The van der Waals surface area contributed by atoms with E-state index in [9.17, 15) is 8.42 Å². The molecule has 2 rings (SSSR count). The quantitative estimate of drug-likeness (QED) is 0.902. The first-order valence-corrected chi connectivity index (χ1v) is 7.91. The zero-order valence-corrected chi connectivity index (χ0v) is 12.9. The van der Waals surface area contributed by atoms with Crippen molar-refractivity contribution in [3.05, 3.63) is 46.2 Å². The molecule has 0 amide bonds. The van der Waals surface area contributed by atoms with Crippen LogP contribution in [0.4, 0.5) is 5.69 Å². The number of aromatic nitrogens is 1. The Labute approximate surface area is 127 Å². The topological polar surface area (TPSA) is 77.1 Å². The van der Waals surface area contributed by atoms with E-state index < -0.39 is 10.0 Å². The summed E-state index contributed by atoms with van der Waals surface area (Å²) in [6.07, 6.45) is 1.49. The second kappa shape index (κ2) is 5.65. The van der Waals surface area contributed by atoms with Crippen molar-refractivity contribution in [1.29, 1.82) is 0 Å². The van der Waals surface area contributed by atoms with Crippen molar-refractivity contribution >= 4 is 38.9 Å². The zero-order chi connectivity index (χ0) is 14.9. The van der Waals surface area contributed by atoms with Crippen molar-refractivity contribution < 1.29 is 8.42 Å². The van der Waals surface area contributed by atoms with Gasteiger partial charge in [-0.3, -0.25) is 4.72 Å². The molecule has 0 aliphatic rings. The number of aryl methyl sites for hydroxylation is 1. The highest BCUT2D eigenvalue weighted by Crippen LogP contribution is 2.31. The van der Waals surface area contributed by atoms with Crippen molar-refractivity contribution in [2.45, 2.75) is 11.4 Å². The normalized spacial score (nSPS) is 11.6. The molecule has 0 aliphatic heterocycles. The maximum absolute atomic E-state index is 12.3. The second-order valence-corrected chi connectivity index (χ2v) is 6.66. The van der Waals surface area contributed by atoms with Crippen LogP contribution in [-0.4, -0.2) is 13.0 Å². The minimum Gasteiger partial charge on any atom is -0.352 e. The molecule has 108 valence electrons. The fourth-order valence-corrected chi connectivity index (χ4v) is 3.28. The van der Waals surface area contributed by atoms with Crippen LogP contribution in [0.2, 0.25) is 10.0 Å². The van der Waals surface area contributed by atoms with Crippen LogP contribution in [0.3, 0.4) is 0 Å². The third-order valence-electron chi connectivity index (χ3n) is 2.80. The third-order valence-corrected chi connectivity index (χ3v) is 4.95. The molecule has 0 fully saturated rings. The van der Waals surface area contributed by atoms with Crippen LogP contribution in [0.1, 0.15) is 5.69 Å². The Morgan fingerprint density at radius 1 is 1.35 bits per heavy atom. The van der Waals surface area contributed by atoms with E-state index in [1.54, 1.807) is 29.8 Å². The standard InChI is InChI=1S/C12H13Cl2N3O2S/c1-17-7-9(5-8(17)6-15)20(18,19)16-11-4-2-3-10(13)12(11)14/h2-5,7,16H,6,15H2,1H3. The molecule has 1 heterocycles. The van der Waals surface area contributed by atoms with Gasteiger partial charge in [0.25, 0.3) is 10.0 Å². The summed E-state index contributed by atoms with van der Waals surface area (Å²) in [6.45, 7) is 0.254. The number of hydrogen-bond acceptors (Lipinski definition) is 3. The molecule has 0 unspecified atom stereocenters. The van der Waals surface area contributed by atoms with Gasteiger partial charge in [-0.2, -0.15) is 0 Å². The third kappa shape index (κ3) is 2.93. The van der Waals surface area contributed by atoms with Gasteiger partial charge in [-0.25, -0.2) is 8.42 Å². The summed E-state index contributed by atoms with van der Waals surface area (Å²) in [5.41, 5.74) is 6.47. The molecule has 0 atom stereocenters. The molecule has 5 nitrogen and oxygen atoms in total. The Hall–Kier alpha value is -1.21. The molecular formula is C12H13Cl2N3O2S. The van der Waals surface area contributed by atoms with Gasteiger partial charge >= 0.3 is 0 Å². The number of hydrogen-bond donors (Lipinski definition) is 2. The number of halogens is 2. The van der Waals surface area contributed by atoms with E-state index in [4.69, 9.17) is 28.9 Å². The van der Waals surface area contributed by atoms with Crippen molar-refractivity contribution in [1.82, 2.24) is 4.57 Å². The summed E-state index contributed by atoms with van der Waals surface area (Å²) in [4.78, 5) is 0.122. The van der Waals surface area contributed by atoms with E-state index in [2.05, 4.69) is 4.72 Å². The highest BCUT2D eigenvalue weighted by Gasteiger charge is 2.19. The molecule has 0 saturated heterocycles. The van der Waals surface area contributed by atoms with E-state index in [0.29, 0.717) is 5.69 Å². The molecule has 1 aromatic carbocycles. The number of benzene rings is 1. The van der Waals surface area contributed by atoms with Gasteiger partial charge in [0.05, 0.1) is 15.7 Å². The second-order valence-electron chi connectivity index (χ2n) is 4.19. The summed E-state index contributed by atoms with van der Waals surface area (Å²) in [5, 5.41) is 0.440. The Balaban J connectivity index is 2.38. The Bertz CT molecular complexity index is 741. The molecule has 0 spiro atoms.